The average molecular weight is 324 g/mol. The van der Waals surface area contributed by atoms with Crippen molar-refractivity contribution in [3.8, 4) is 0 Å². The van der Waals surface area contributed by atoms with Crippen LogP contribution in [-0.4, -0.2) is 18.1 Å². The molecular formula is C14H14ClF4NO. The van der Waals surface area contributed by atoms with Gasteiger partial charge in [0.05, 0.1) is 11.5 Å². The van der Waals surface area contributed by atoms with Gasteiger partial charge in [0.2, 0.25) is 0 Å². The fourth-order valence-electron chi connectivity index (χ4n) is 2.50. The van der Waals surface area contributed by atoms with Gasteiger partial charge < -0.3 is 5.32 Å². The summed E-state index contributed by atoms with van der Waals surface area (Å²) in [4.78, 5) is 11.9. The van der Waals surface area contributed by atoms with E-state index in [-0.39, 0.29) is 42.3 Å². The summed E-state index contributed by atoms with van der Waals surface area (Å²) >= 11 is 5.70. The van der Waals surface area contributed by atoms with Gasteiger partial charge in [0.1, 0.15) is 5.82 Å². The first-order valence-corrected chi connectivity index (χ1v) is 6.98. The highest BCUT2D eigenvalue weighted by Gasteiger charge is 2.41. The van der Waals surface area contributed by atoms with E-state index in [9.17, 15) is 22.4 Å². The molecule has 1 fully saturated rings. The van der Waals surface area contributed by atoms with Crippen molar-refractivity contribution >= 4 is 17.5 Å². The Hall–Kier alpha value is -1.30. The highest BCUT2D eigenvalue weighted by molar-refractivity contribution is 6.31. The maximum atomic E-state index is 13.5. The van der Waals surface area contributed by atoms with Gasteiger partial charge in [-0.25, -0.2) is 4.39 Å². The van der Waals surface area contributed by atoms with Crippen LogP contribution < -0.4 is 5.32 Å². The van der Waals surface area contributed by atoms with Crippen molar-refractivity contribution in [3.63, 3.8) is 0 Å². The second-order valence-electron chi connectivity index (χ2n) is 5.19. The number of carbonyl (C=O) groups is 1. The Balaban J connectivity index is 1.94. The second-order valence-corrected chi connectivity index (χ2v) is 5.62. The lowest BCUT2D eigenvalue weighted by Crippen LogP contribution is -2.40. The van der Waals surface area contributed by atoms with Crippen molar-refractivity contribution in [2.24, 2.45) is 5.92 Å². The van der Waals surface area contributed by atoms with Crippen molar-refractivity contribution in [2.75, 3.05) is 0 Å². The summed E-state index contributed by atoms with van der Waals surface area (Å²) in [7, 11) is 0. The number of rotatable bonds is 2. The zero-order valence-corrected chi connectivity index (χ0v) is 11.8. The summed E-state index contributed by atoms with van der Waals surface area (Å²) in [5, 5.41) is 2.79. The number of nitrogens with one attached hydrogen (secondary N) is 1. The molecule has 2 rings (SSSR count). The smallest absolute Gasteiger partial charge is 0.349 e. The van der Waals surface area contributed by atoms with Gasteiger partial charge in [-0.15, -0.1) is 0 Å². The van der Waals surface area contributed by atoms with Crippen LogP contribution >= 0.6 is 11.6 Å². The van der Waals surface area contributed by atoms with Crippen molar-refractivity contribution in [2.45, 2.75) is 37.9 Å². The maximum absolute atomic E-state index is 13.5. The summed E-state index contributed by atoms with van der Waals surface area (Å²) in [6.45, 7) is 0. The predicted molar refractivity (Wildman–Crippen MR) is 70.7 cm³/mol. The van der Waals surface area contributed by atoms with E-state index in [1.54, 1.807) is 0 Å². The van der Waals surface area contributed by atoms with E-state index in [2.05, 4.69) is 5.32 Å². The van der Waals surface area contributed by atoms with Crippen LogP contribution in [0.1, 0.15) is 36.0 Å². The Morgan fingerprint density at radius 3 is 2.38 bits per heavy atom. The van der Waals surface area contributed by atoms with Crippen molar-refractivity contribution < 1.29 is 22.4 Å². The number of hydrogen-bond donors (Lipinski definition) is 1. The van der Waals surface area contributed by atoms with Gasteiger partial charge in [-0.2, -0.15) is 13.2 Å². The van der Waals surface area contributed by atoms with Crippen LogP contribution in [0, 0.1) is 11.7 Å². The first-order chi connectivity index (χ1) is 9.77. The maximum Gasteiger partial charge on any atom is 0.391 e. The lowest BCUT2D eigenvalue weighted by molar-refractivity contribution is -0.182. The third-order valence-electron chi connectivity index (χ3n) is 3.70. The molecule has 0 aromatic heterocycles. The first-order valence-electron chi connectivity index (χ1n) is 6.60. The molecule has 1 saturated carbocycles. The van der Waals surface area contributed by atoms with E-state index >= 15 is 0 Å². The van der Waals surface area contributed by atoms with E-state index in [0.717, 1.165) is 6.07 Å². The molecule has 0 spiro atoms. The summed E-state index contributed by atoms with van der Waals surface area (Å²) in [5.74, 6) is -2.67. The normalized spacial score (nSPS) is 22.9. The van der Waals surface area contributed by atoms with Gasteiger partial charge in [-0.05, 0) is 43.9 Å². The third-order valence-corrected chi connectivity index (χ3v) is 3.93. The van der Waals surface area contributed by atoms with Gasteiger partial charge >= 0.3 is 6.18 Å². The topological polar surface area (TPSA) is 29.1 Å². The Morgan fingerprint density at radius 1 is 1.19 bits per heavy atom. The zero-order valence-electron chi connectivity index (χ0n) is 11.0. The standard InChI is InChI=1S/C14H14ClF4NO/c15-9-3-6-12(16)11(7-9)13(21)20-10-4-1-8(2-5-10)14(17,18)19/h3,6-8,10H,1-2,4-5H2,(H,20,21). The Labute approximate surface area is 124 Å². The van der Waals surface area contributed by atoms with Gasteiger partial charge in [0.15, 0.2) is 0 Å². The van der Waals surface area contributed by atoms with Crippen LogP contribution in [0.5, 0.6) is 0 Å². The molecular weight excluding hydrogens is 310 g/mol. The second kappa shape index (κ2) is 6.22. The molecule has 0 heterocycles. The van der Waals surface area contributed by atoms with Gasteiger partial charge in [-0.3, -0.25) is 4.79 Å². The van der Waals surface area contributed by atoms with Crippen molar-refractivity contribution in [1.29, 1.82) is 0 Å². The van der Waals surface area contributed by atoms with Crippen molar-refractivity contribution in [3.05, 3.63) is 34.6 Å². The number of carbonyl (C=O) groups excluding carboxylic acids is 1. The summed E-state index contributed by atoms with van der Waals surface area (Å²) < 4.78 is 51.1. The number of amides is 1. The molecule has 0 atom stereocenters. The van der Waals surface area contributed by atoms with Crippen LogP contribution in [0.4, 0.5) is 17.6 Å². The number of benzene rings is 1. The monoisotopic (exact) mass is 323 g/mol. The van der Waals surface area contributed by atoms with Gasteiger partial charge in [0.25, 0.3) is 5.91 Å². The Morgan fingerprint density at radius 2 is 1.81 bits per heavy atom. The third kappa shape index (κ3) is 4.09. The zero-order chi connectivity index (χ0) is 15.6. The fraction of sp³-hybridized carbons (Fsp3) is 0.500. The molecule has 0 saturated heterocycles. The molecule has 21 heavy (non-hydrogen) atoms. The minimum atomic E-state index is -4.19. The fourth-order valence-corrected chi connectivity index (χ4v) is 2.67. The highest BCUT2D eigenvalue weighted by atomic mass is 35.5. The SMILES string of the molecule is O=C(NC1CCC(C(F)(F)F)CC1)c1cc(Cl)ccc1F. The molecule has 1 aromatic carbocycles. The van der Waals surface area contributed by atoms with E-state index in [1.165, 1.54) is 12.1 Å². The van der Waals surface area contributed by atoms with Gasteiger partial charge in [-0.1, -0.05) is 11.6 Å². The first kappa shape index (κ1) is 16.1. The number of halogens is 5. The molecule has 1 aliphatic rings. The average Bonchev–Trinajstić information content (AvgIpc) is 2.41. The van der Waals surface area contributed by atoms with Crippen LogP contribution in [-0.2, 0) is 0 Å². The molecule has 1 N–H and O–H groups in total. The molecule has 116 valence electrons. The van der Waals surface area contributed by atoms with E-state index in [1.807, 2.05) is 0 Å². The summed E-state index contributed by atoms with van der Waals surface area (Å²) in [6.07, 6.45) is -3.76. The minimum Gasteiger partial charge on any atom is -0.349 e. The van der Waals surface area contributed by atoms with Crippen LogP contribution in [0.2, 0.25) is 5.02 Å². The summed E-state index contributed by atoms with van der Waals surface area (Å²) in [6, 6.07) is 3.24. The number of alkyl halides is 3. The molecule has 0 unspecified atom stereocenters. The molecule has 2 nitrogen and oxygen atoms in total. The molecule has 1 aliphatic carbocycles. The number of hydrogen-bond acceptors (Lipinski definition) is 1. The van der Waals surface area contributed by atoms with Crippen LogP contribution in [0.3, 0.4) is 0 Å². The molecule has 1 amide bonds. The Kier molecular flexibility index (Phi) is 4.76. The molecule has 0 aliphatic heterocycles. The predicted octanol–water partition coefficient (Wildman–Crippen LogP) is 4.33. The Bertz CT molecular complexity index is 524. The molecule has 1 aromatic rings. The molecule has 0 radical (unpaired) electrons. The molecule has 7 heteroatoms. The quantitative estimate of drug-likeness (QED) is 0.806. The highest BCUT2D eigenvalue weighted by Crippen LogP contribution is 2.37. The largest absolute Gasteiger partial charge is 0.391 e. The van der Waals surface area contributed by atoms with E-state index < -0.39 is 23.8 Å². The van der Waals surface area contributed by atoms with Crippen LogP contribution in [0.25, 0.3) is 0 Å². The van der Waals surface area contributed by atoms with Crippen LogP contribution in [0.15, 0.2) is 18.2 Å². The van der Waals surface area contributed by atoms with E-state index in [0.29, 0.717) is 0 Å². The minimum absolute atomic E-state index is 0.0214. The lowest BCUT2D eigenvalue weighted by atomic mass is 9.85. The van der Waals surface area contributed by atoms with Crippen molar-refractivity contribution in [1.82, 2.24) is 5.32 Å². The van der Waals surface area contributed by atoms with Gasteiger partial charge in [0, 0.05) is 11.1 Å². The summed E-state index contributed by atoms with van der Waals surface area (Å²) in [5.41, 5.74) is -0.194. The van der Waals surface area contributed by atoms with E-state index in [4.69, 9.17) is 11.6 Å². The lowest BCUT2D eigenvalue weighted by Gasteiger charge is -2.30. The molecule has 0 bridgehead atoms.